The molecule has 7 nitrogen and oxygen atoms in total. The van der Waals surface area contributed by atoms with Crippen molar-refractivity contribution in [3.05, 3.63) is 47.3 Å². The van der Waals surface area contributed by atoms with Gasteiger partial charge in [0.25, 0.3) is 0 Å². The number of phenols is 1. The van der Waals surface area contributed by atoms with Gasteiger partial charge in [0.1, 0.15) is 17.2 Å². The largest absolute Gasteiger partial charge is 0.508 e. The Bertz CT molecular complexity index is 880. The number of hydrogen-bond donors (Lipinski definition) is 2. The molecule has 2 aliphatic rings. The fourth-order valence-electron chi connectivity index (χ4n) is 4.09. The van der Waals surface area contributed by atoms with Crippen LogP contribution in [0.3, 0.4) is 0 Å². The number of nitrogens with zero attached hydrogens (tertiary/aromatic N) is 2. The number of likely N-dealkylation sites (tertiary alicyclic amines) is 1. The number of piperidine rings is 1. The van der Waals surface area contributed by atoms with Crippen molar-refractivity contribution in [3.63, 3.8) is 0 Å². The maximum absolute atomic E-state index is 12.7. The fraction of sp³-hybridized carbons (Fsp3) is 0.522. The van der Waals surface area contributed by atoms with Crippen molar-refractivity contribution < 1.29 is 19.2 Å². The molecular formula is C23H29N3O4. The Morgan fingerprint density at radius 2 is 1.87 bits per heavy atom. The van der Waals surface area contributed by atoms with E-state index >= 15 is 0 Å². The van der Waals surface area contributed by atoms with Crippen molar-refractivity contribution in [1.29, 1.82) is 0 Å². The molecule has 1 aromatic heterocycles. The highest BCUT2D eigenvalue weighted by atomic mass is 16.5. The quantitative estimate of drug-likeness (QED) is 0.646. The Morgan fingerprint density at radius 3 is 2.53 bits per heavy atom. The maximum Gasteiger partial charge on any atom is 0.239 e. The Morgan fingerprint density at radius 1 is 1.17 bits per heavy atom. The van der Waals surface area contributed by atoms with Crippen LogP contribution in [0.25, 0.3) is 0 Å². The van der Waals surface area contributed by atoms with Crippen LogP contribution in [-0.4, -0.2) is 46.0 Å². The van der Waals surface area contributed by atoms with Crippen molar-refractivity contribution in [2.45, 2.75) is 56.9 Å². The van der Waals surface area contributed by atoms with Gasteiger partial charge in [0.2, 0.25) is 5.91 Å². The summed E-state index contributed by atoms with van der Waals surface area (Å²) in [6.07, 6.45) is 5.75. The molecule has 0 bridgehead atoms. The predicted octanol–water partition coefficient (Wildman–Crippen LogP) is 3.03. The number of benzene rings is 1. The summed E-state index contributed by atoms with van der Waals surface area (Å²) in [5.41, 5.74) is 7.51. The number of nitrogens with two attached hydrogens (primary N) is 1. The molecular weight excluding hydrogens is 382 g/mol. The van der Waals surface area contributed by atoms with Crippen LogP contribution in [-0.2, 0) is 11.2 Å². The molecule has 2 fully saturated rings. The highest BCUT2D eigenvalue weighted by Gasteiger charge is 2.30. The van der Waals surface area contributed by atoms with Crippen molar-refractivity contribution >= 4 is 11.7 Å². The first kappa shape index (κ1) is 20.6. The molecule has 1 amide bonds. The molecule has 2 heterocycles. The molecule has 0 radical (unpaired) electrons. The molecule has 1 aliphatic carbocycles. The van der Waals surface area contributed by atoms with Gasteiger partial charge in [-0.1, -0.05) is 17.3 Å². The lowest BCUT2D eigenvalue weighted by Crippen LogP contribution is -2.48. The van der Waals surface area contributed by atoms with E-state index in [0.29, 0.717) is 43.5 Å². The normalized spacial score (nSPS) is 18.4. The number of rotatable bonds is 8. The molecule has 30 heavy (non-hydrogen) atoms. The van der Waals surface area contributed by atoms with Gasteiger partial charge in [0.05, 0.1) is 6.04 Å². The third kappa shape index (κ3) is 5.08. The van der Waals surface area contributed by atoms with Gasteiger partial charge in [-0.2, -0.15) is 0 Å². The van der Waals surface area contributed by atoms with Gasteiger partial charge in [-0.15, -0.1) is 0 Å². The zero-order valence-corrected chi connectivity index (χ0v) is 17.1. The molecule has 1 atom stereocenters. The van der Waals surface area contributed by atoms with E-state index in [1.165, 1.54) is 0 Å². The molecule has 0 unspecified atom stereocenters. The lowest BCUT2D eigenvalue weighted by atomic mass is 9.90. The third-order valence-corrected chi connectivity index (χ3v) is 6.21. The molecule has 1 saturated heterocycles. The summed E-state index contributed by atoms with van der Waals surface area (Å²) < 4.78 is 5.27. The van der Waals surface area contributed by atoms with E-state index in [4.69, 9.17) is 10.3 Å². The summed E-state index contributed by atoms with van der Waals surface area (Å²) in [6.45, 7) is 1.35. The first-order valence-electron chi connectivity index (χ1n) is 10.8. The molecule has 0 spiro atoms. The first-order chi connectivity index (χ1) is 14.5. The van der Waals surface area contributed by atoms with Crippen LogP contribution >= 0.6 is 0 Å². The highest BCUT2D eigenvalue weighted by molar-refractivity contribution is 5.94. The van der Waals surface area contributed by atoms with Crippen molar-refractivity contribution in [2.75, 3.05) is 13.1 Å². The lowest BCUT2D eigenvalue weighted by Gasteiger charge is -2.33. The van der Waals surface area contributed by atoms with Gasteiger partial charge < -0.3 is 20.3 Å². The van der Waals surface area contributed by atoms with Gasteiger partial charge in [0.15, 0.2) is 5.78 Å². The molecule has 4 rings (SSSR count). The predicted molar refractivity (Wildman–Crippen MR) is 111 cm³/mol. The summed E-state index contributed by atoms with van der Waals surface area (Å²) in [6, 6.07) is 8.00. The monoisotopic (exact) mass is 411 g/mol. The second-order valence-electron chi connectivity index (χ2n) is 8.60. The second kappa shape index (κ2) is 9.00. The van der Waals surface area contributed by atoms with Crippen LogP contribution in [0.4, 0.5) is 0 Å². The van der Waals surface area contributed by atoms with E-state index < -0.39 is 6.04 Å². The van der Waals surface area contributed by atoms with E-state index in [0.717, 1.165) is 43.4 Å². The van der Waals surface area contributed by atoms with Gasteiger partial charge in [-0.3, -0.25) is 9.59 Å². The van der Waals surface area contributed by atoms with Gasteiger partial charge in [0, 0.05) is 31.5 Å². The first-order valence-corrected chi connectivity index (χ1v) is 10.8. The fourth-order valence-corrected chi connectivity index (χ4v) is 4.09. The average Bonchev–Trinajstić information content (AvgIpc) is 3.50. The molecule has 160 valence electrons. The number of aromatic nitrogens is 1. The zero-order chi connectivity index (χ0) is 21.1. The Kier molecular flexibility index (Phi) is 6.18. The number of amides is 1. The number of ketones is 1. The van der Waals surface area contributed by atoms with Crippen LogP contribution in [0.2, 0.25) is 0 Å². The Hall–Kier alpha value is -2.67. The number of hydrogen-bond acceptors (Lipinski definition) is 6. The lowest BCUT2D eigenvalue weighted by molar-refractivity contribution is -0.134. The van der Waals surface area contributed by atoms with Crippen LogP contribution in [0.15, 0.2) is 34.9 Å². The SMILES string of the molecule is N[C@H](Cc1ccc(O)cc1)C(=O)N1CCC(CCC(=O)c2cc(C3CC3)on2)CC1. The Balaban J connectivity index is 1.19. The standard InChI is InChI=1S/C23H29N3O4/c24-19(13-16-1-6-18(27)7-2-16)23(29)26-11-9-15(10-12-26)3-8-21(28)20-14-22(30-25-20)17-4-5-17/h1-2,6-7,14-15,17,19,27H,3-5,8-13,24H2/t19-/m1/s1. The number of aromatic hydroxyl groups is 1. The molecule has 1 saturated carbocycles. The minimum atomic E-state index is -0.583. The summed E-state index contributed by atoms with van der Waals surface area (Å²) in [7, 11) is 0. The minimum absolute atomic E-state index is 0.0344. The third-order valence-electron chi connectivity index (χ3n) is 6.21. The van der Waals surface area contributed by atoms with Crippen LogP contribution in [0.5, 0.6) is 5.75 Å². The summed E-state index contributed by atoms with van der Waals surface area (Å²) >= 11 is 0. The number of carbonyl (C=O) groups is 2. The minimum Gasteiger partial charge on any atom is -0.508 e. The number of phenolic OH excluding ortho intramolecular Hbond substituents is 1. The second-order valence-corrected chi connectivity index (χ2v) is 8.60. The summed E-state index contributed by atoms with van der Waals surface area (Å²) in [5.74, 6) is 1.94. The van der Waals surface area contributed by atoms with E-state index in [1.807, 2.05) is 4.90 Å². The number of carbonyl (C=O) groups excluding carboxylic acids is 2. The van der Waals surface area contributed by atoms with Crippen molar-refractivity contribution in [3.8, 4) is 5.75 Å². The summed E-state index contributed by atoms with van der Waals surface area (Å²) in [4.78, 5) is 26.9. The molecule has 7 heteroatoms. The molecule has 3 N–H and O–H groups in total. The summed E-state index contributed by atoms with van der Waals surface area (Å²) in [5, 5.41) is 13.3. The topological polar surface area (TPSA) is 110 Å². The maximum atomic E-state index is 12.7. The zero-order valence-electron chi connectivity index (χ0n) is 17.1. The number of Topliss-reactive ketones (excluding diaryl/α,β-unsaturated/α-hetero) is 1. The van der Waals surface area contributed by atoms with Gasteiger partial charge in [-0.05, 0) is 62.1 Å². The van der Waals surface area contributed by atoms with E-state index in [1.54, 1.807) is 30.3 Å². The van der Waals surface area contributed by atoms with Gasteiger partial charge in [-0.25, -0.2) is 0 Å². The van der Waals surface area contributed by atoms with Crippen LogP contribution in [0, 0.1) is 5.92 Å². The Labute approximate surface area is 176 Å². The molecule has 2 aromatic rings. The van der Waals surface area contributed by atoms with Crippen LogP contribution in [0.1, 0.15) is 66.3 Å². The van der Waals surface area contributed by atoms with E-state index in [2.05, 4.69) is 5.16 Å². The van der Waals surface area contributed by atoms with E-state index in [9.17, 15) is 14.7 Å². The highest BCUT2D eigenvalue weighted by Crippen LogP contribution is 2.40. The smallest absolute Gasteiger partial charge is 0.239 e. The molecule has 1 aliphatic heterocycles. The molecule has 1 aromatic carbocycles. The van der Waals surface area contributed by atoms with Crippen LogP contribution < -0.4 is 5.73 Å². The van der Waals surface area contributed by atoms with E-state index in [-0.39, 0.29) is 17.4 Å². The van der Waals surface area contributed by atoms with Gasteiger partial charge >= 0.3 is 0 Å². The van der Waals surface area contributed by atoms with Crippen molar-refractivity contribution in [1.82, 2.24) is 10.1 Å². The van der Waals surface area contributed by atoms with Crippen molar-refractivity contribution in [2.24, 2.45) is 11.7 Å². The average molecular weight is 412 g/mol.